The Balaban J connectivity index is 2.28. The topological polar surface area (TPSA) is 246 Å². The third kappa shape index (κ3) is 11.4. The molecular formula is C45H32N7O8-. The van der Waals surface area contributed by atoms with Crippen molar-refractivity contribution in [2.75, 3.05) is 13.2 Å². The van der Waals surface area contributed by atoms with Gasteiger partial charge in [0.05, 0.1) is 47.7 Å². The minimum Gasteiger partial charge on any atom is -0.478 e. The highest BCUT2D eigenvalue weighted by Gasteiger charge is 2.29. The van der Waals surface area contributed by atoms with Gasteiger partial charge in [0.2, 0.25) is 5.88 Å². The van der Waals surface area contributed by atoms with Gasteiger partial charge in [0.25, 0.3) is 5.70 Å². The second-order valence-electron chi connectivity index (χ2n) is 11.8. The molecule has 2 N–H and O–H groups in total. The van der Waals surface area contributed by atoms with E-state index >= 15 is 0 Å². The van der Waals surface area contributed by atoms with Crippen LogP contribution in [0.25, 0.3) is 16.0 Å². The van der Waals surface area contributed by atoms with Gasteiger partial charge in [-0.1, -0.05) is 55.1 Å². The van der Waals surface area contributed by atoms with Gasteiger partial charge >= 0.3 is 17.9 Å². The van der Waals surface area contributed by atoms with Gasteiger partial charge in [-0.2, -0.15) is 5.26 Å². The molecule has 15 nitrogen and oxygen atoms in total. The molecule has 2 aromatic carbocycles. The summed E-state index contributed by atoms with van der Waals surface area (Å²) in [6, 6.07) is 20.0. The van der Waals surface area contributed by atoms with E-state index in [1.807, 2.05) is 12.1 Å². The van der Waals surface area contributed by atoms with Gasteiger partial charge in [0.15, 0.2) is 0 Å². The first-order valence-corrected chi connectivity index (χ1v) is 17.4. The molecule has 0 unspecified atom stereocenters. The minimum absolute atomic E-state index is 0.0260. The first-order valence-electron chi connectivity index (χ1n) is 17.4. The first kappa shape index (κ1) is 45.1. The summed E-state index contributed by atoms with van der Waals surface area (Å²) in [4.78, 5) is 50.6. The van der Waals surface area contributed by atoms with Crippen molar-refractivity contribution in [2.45, 2.75) is 19.8 Å². The highest BCUT2D eigenvalue weighted by Crippen LogP contribution is 2.37. The summed E-state index contributed by atoms with van der Waals surface area (Å²) in [7, 11) is 0. The number of carbonyl (C=O) groups excluding carboxylic acids is 1. The zero-order valence-electron chi connectivity index (χ0n) is 31.9. The number of ether oxygens (including phenoxy) is 1. The van der Waals surface area contributed by atoms with Crippen LogP contribution in [-0.2, 0) is 19.3 Å². The number of esters is 1. The van der Waals surface area contributed by atoms with Crippen LogP contribution in [0.2, 0.25) is 0 Å². The molecule has 0 amide bonds. The van der Waals surface area contributed by atoms with Crippen LogP contribution in [0.5, 0.6) is 0 Å². The fourth-order valence-corrected chi connectivity index (χ4v) is 5.71. The number of rotatable bonds is 18. The van der Waals surface area contributed by atoms with Crippen molar-refractivity contribution in [2.24, 2.45) is 0 Å². The lowest BCUT2D eigenvalue weighted by atomic mass is 9.89. The molecule has 2 aromatic rings. The summed E-state index contributed by atoms with van der Waals surface area (Å²) in [5.41, 5.74) is 1.26. The van der Waals surface area contributed by atoms with E-state index < -0.39 is 36.1 Å². The molecular weight excluding hydrogens is 767 g/mol. The average molecular weight is 799 g/mol. The van der Waals surface area contributed by atoms with Crippen molar-refractivity contribution in [3.05, 3.63) is 184 Å². The van der Waals surface area contributed by atoms with Crippen LogP contribution >= 0.6 is 0 Å². The number of allylic oxidation sites excluding steroid dienone is 13. The smallest absolute Gasteiger partial charge is 0.335 e. The summed E-state index contributed by atoms with van der Waals surface area (Å²) < 4.78 is 5.20. The summed E-state index contributed by atoms with van der Waals surface area (Å²) in [6.07, 6.45) is 10.6. The Kier molecular flexibility index (Phi) is 16.8. The summed E-state index contributed by atoms with van der Waals surface area (Å²) in [5, 5.41) is 68.2. The van der Waals surface area contributed by atoms with Gasteiger partial charge in [0, 0.05) is 29.7 Å². The predicted molar refractivity (Wildman–Crippen MR) is 214 cm³/mol. The van der Waals surface area contributed by atoms with E-state index in [0.29, 0.717) is 29.7 Å². The number of nitriles is 5. The number of carbonyl (C=O) groups is 3. The Morgan fingerprint density at radius 2 is 1.50 bits per heavy atom. The van der Waals surface area contributed by atoms with Crippen molar-refractivity contribution in [1.29, 1.82) is 26.3 Å². The molecule has 0 saturated carbocycles. The first-order chi connectivity index (χ1) is 28.9. The van der Waals surface area contributed by atoms with Crippen LogP contribution < -0.4 is 0 Å². The lowest BCUT2D eigenvalue weighted by molar-refractivity contribution is -0.228. The van der Waals surface area contributed by atoms with Gasteiger partial charge < -0.3 is 14.9 Å². The number of aromatic carboxylic acids is 2. The molecule has 0 fully saturated rings. The third-order valence-electron chi connectivity index (χ3n) is 8.32. The Hall–Kier alpha value is -9.28. The highest BCUT2D eigenvalue weighted by atomic mass is 17.2. The Bertz CT molecular complexity index is 2520. The summed E-state index contributed by atoms with van der Waals surface area (Å²) in [5.74, 6) is -3.60. The quantitative estimate of drug-likeness (QED) is 0.0278. The second kappa shape index (κ2) is 22.3. The lowest BCUT2D eigenvalue weighted by Gasteiger charge is -2.26. The zero-order chi connectivity index (χ0) is 44.2. The SMILES string of the molecule is [C-]#[N+]/C(C#N)=C(/C(C#N)=C/C=C/C1=C(N(CC(=O)OCC)C(=C)OOC=C)C(=C/C=C/C(C#N)=C(\c2ccc(C(=O)O)cc2)[C-](C#N)C#N)/CC1)c1ccc(C(=O)O)cc1. The van der Waals surface area contributed by atoms with E-state index in [-0.39, 0.29) is 57.0 Å². The van der Waals surface area contributed by atoms with E-state index in [9.17, 15) is 50.9 Å². The van der Waals surface area contributed by atoms with Crippen molar-refractivity contribution < 1.29 is 39.1 Å². The molecule has 0 saturated heterocycles. The van der Waals surface area contributed by atoms with Crippen LogP contribution in [-0.4, -0.2) is 46.2 Å². The minimum atomic E-state index is -1.19. The maximum Gasteiger partial charge on any atom is 0.335 e. The van der Waals surface area contributed by atoms with Gasteiger partial charge in [-0.3, -0.25) is 19.5 Å². The molecule has 0 radical (unpaired) electrons. The molecule has 0 spiro atoms. The zero-order valence-corrected chi connectivity index (χ0v) is 31.9. The number of carboxylic acid groups (broad SMARTS) is 2. The molecule has 60 heavy (non-hydrogen) atoms. The molecule has 0 aliphatic heterocycles. The largest absolute Gasteiger partial charge is 0.478 e. The van der Waals surface area contributed by atoms with E-state index in [1.54, 1.807) is 37.3 Å². The van der Waals surface area contributed by atoms with Crippen LogP contribution in [0, 0.1) is 69.1 Å². The van der Waals surface area contributed by atoms with Crippen molar-refractivity contribution in [3.8, 4) is 30.3 Å². The van der Waals surface area contributed by atoms with Crippen molar-refractivity contribution >= 4 is 29.1 Å². The molecule has 296 valence electrons. The standard InChI is InChI=1S/C45H32N7O8/c1-5-58-40(53)28-52(29(3)60-59-6-2)43-32(9-7-11-36(23-46)41(38(25-48)26-49)30-13-19-34(20-14-30)44(54)55)17-18-33(43)10-8-12-37(24-47)42(39(27-50)51-4)31-15-21-35(22-16-31)45(56)57/h6-16,19-22H,2-3,5,17-18,28H2,1H3,(H,54,55)(H,56,57)/q-1/b10-8+,11-7+,32-9+,37-12+,41-36-,42-39+. The summed E-state index contributed by atoms with van der Waals surface area (Å²) in [6.45, 7) is 16.2. The van der Waals surface area contributed by atoms with Crippen LogP contribution in [0.4, 0.5) is 0 Å². The fraction of sp³-hybridized carbons (Fsp3) is 0.111. The van der Waals surface area contributed by atoms with E-state index in [1.165, 1.54) is 77.7 Å². The van der Waals surface area contributed by atoms with Crippen LogP contribution in [0.3, 0.4) is 0 Å². The summed E-state index contributed by atoms with van der Waals surface area (Å²) >= 11 is 0. The molecule has 15 heteroatoms. The normalized spacial score (nSPS) is 13.6. The molecule has 0 bridgehead atoms. The number of benzene rings is 2. The van der Waals surface area contributed by atoms with Crippen LogP contribution in [0.1, 0.15) is 51.6 Å². The number of nitrogens with zero attached hydrogens (tertiary/aromatic N) is 7. The maximum atomic E-state index is 12.9. The molecule has 0 heterocycles. The monoisotopic (exact) mass is 798 g/mol. The predicted octanol–water partition coefficient (Wildman–Crippen LogP) is 7.80. The maximum absolute atomic E-state index is 12.9. The van der Waals surface area contributed by atoms with Crippen molar-refractivity contribution in [3.63, 3.8) is 0 Å². The van der Waals surface area contributed by atoms with E-state index in [0.717, 1.165) is 6.26 Å². The Morgan fingerprint density at radius 1 is 0.900 bits per heavy atom. The van der Waals surface area contributed by atoms with E-state index in [2.05, 4.69) is 18.0 Å². The van der Waals surface area contributed by atoms with Gasteiger partial charge in [0.1, 0.15) is 12.8 Å². The Labute approximate surface area is 345 Å². The second-order valence-corrected chi connectivity index (χ2v) is 11.8. The molecule has 0 aromatic heterocycles. The van der Waals surface area contributed by atoms with Crippen molar-refractivity contribution in [1.82, 2.24) is 4.90 Å². The van der Waals surface area contributed by atoms with Crippen LogP contribution in [0.15, 0.2) is 144 Å². The van der Waals surface area contributed by atoms with Gasteiger partial charge in [-0.05, 0) is 66.8 Å². The number of hydrogen-bond donors (Lipinski definition) is 2. The van der Waals surface area contributed by atoms with Gasteiger partial charge in [-0.25, -0.2) is 35.5 Å². The average Bonchev–Trinajstić information content (AvgIpc) is 3.65. The molecule has 0 atom stereocenters. The molecule has 1 aliphatic carbocycles. The molecule has 1 aliphatic rings. The number of carboxylic acids is 2. The number of hydrogen-bond acceptors (Lipinski definition) is 12. The van der Waals surface area contributed by atoms with Gasteiger partial charge in [-0.15, -0.1) is 29.3 Å². The Morgan fingerprint density at radius 3 is 2.00 bits per heavy atom. The lowest BCUT2D eigenvalue weighted by Crippen LogP contribution is -2.31. The fourth-order valence-electron chi connectivity index (χ4n) is 5.71. The third-order valence-corrected chi connectivity index (χ3v) is 8.32. The highest BCUT2D eigenvalue weighted by molar-refractivity contribution is 5.92. The van der Waals surface area contributed by atoms with E-state index in [4.69, 9.17) is 21.1 Å². The molecule has 3 rings (SSSR count).